The number of amides is 1. The third kappa shape index (κ3) is 6.14. The standard InChI is InChI=1S/C18H23N5O.2ClH/c19-13-15-4-6-16(7-5-15)21-18(24)14-22-9-11-23(12-10-22)17-3-1-2-8-20-17;;/h1-8H,9-14,19H2,(H,21,24);2*1H. The van der Waals surface area contributed by atoms with Gasteiger partial charge in [0.1, 0.15) is 5.82 Å². The molecule has 6 nitrogen and oxygen atoms in total. The number of benzene rings is 1. The number of hydrogen-bond acceptors (Lipinski definition) is 5. The van der Waals surface area contributed by atoms with E-state index in [9.17, 15) is 4.79 Å². The summed E-state index contributed by atoms with van der Waals surface area (Å²) in [5, 5.41) is 2.94. The second kappa shape index (κ2) is 11.0. The number of aromatic nitrogens is 1. The Kier molecular flexibility index (Phi) is 9.37. The Morgan fingerprint density at radius 3 is 2.31 bits per heavy atom. The number of carbonyl (C=O) groups excluding carboxylic acids is 1. The van der Waals surface area contributed by atoms with Crippen LogP contribution in [-0.4, -0.2) is 48.5 Å². The highest BCUT2D eigenvalue weighted by molar-refractivity contribution is 5.92. The van der Waals surface area contributed by atoms with Crippen LogP contribution in [0.4, 0.5) is 11.5 Å². The van der Waals surface area contributed by atoms with Gasteiger partial charge in [-0.05, 0) is 29.8 Å². The molecule has 0 spiro atoms. The summed E-state index contributed by atoms with van der Waals surface area (Å²) in [6.07, 6.45) is 1.81. The van der Waals surface area contributed by atoms with Gasteiger partial charge in [0.25, 0.3) is 0 Å². The van der Waals surface area contributed by atoms with Crippen LogP contribution in [0.15, 0.2) is 48.7 Å². The third-order valence-electron chi connectivity index (χ3n) is 4.19. The van der Waals surface area contributed by atoms with Crippen LogP contribution in [0.2, 0.25) is 0 Å². The lowest BCUT2D eigenvalue weighted by atomic mass is 10.2. The van der Waals surface area contributed by atoms with E-state index in [4.69, 9.17) is 5.73 Å². The molecule has 1 amide bonds. The van der Waals surface area contributed by atoms with E-state index in [0.717, 1.165) is 43.2 Å². The number of halogens is 2. The van der Waals surface area contributed by atoms with Crippen molar-refractivity contribution in [2.24, 2.45) is 5.73 Å². The van der Waals surface area contributed by atoms with Crippen molar-refractivity contribution in [3.8, 4) is 0 Å². The molecule has 0 unspecified atom stereocenters. The van der Waals surface area contributed by atoms with Crippen LogP contribution in [0.25, 0.3) is 0 Å². The van der Waals surface area contributed by atoms with E-state index in [2.05, 4.69) is 20.1 Å². The van der Waals surface area contributed by atoms with Crippen molar-refractivity contribution in [3.05, 3.63) is 54.2 Å². The maximum Gasteiger partial charge on any atom is 0.238 e. The predicted octanol–water partition coefficient (Wildman–Crippen LogP) is 2.14. The molecule has 1 aromatic heterocycles. The van der Waals surface area contributed by atoms with Crippen LogP contribution >= 0.6 is 24.8 Å². The number of hydrogen-bond donors (Lipinski definition) is 2. The van der Waals surface area contributed by atoms with Gasteiger partial charge in [-0.15, -0.1) is 24.8 Å². The van der Waals surface area contributed by atoms with Gasteiger partial charge in [-0.3, -0.25) is 9.69 Å². The van der Waals surface area contributed by atoms with Gasteiger partial charge in [0.05, 0.1) is 6.54 Å². The zero-order chi connectivity index (χ0) is 16.8. The van der Waals surface area contributed by atoms with Crippen molar-refractivity contribution in [1.29, 1.82) is 0 Å². The van der Waals surface area contributed by atoms with Crippen LogP contribution in [-0.2, 0) is 11.3 Å². The van der Waals surface area contributed by atoms with Crippen LogP contribution < -0.4 is 16.0 Å². The van der Waals surface area contributed by atoms with E-state index >= 15 is 0 Å². The first-order valence-electron chi connectivity index (χ1n) is 8.22. The normalized spacial score (nSPS) is 14.1. The minimum absolute atomic E-state index is 0. The highest BCUT2D eigenvalue weighted by Crippen LogP contribution is 2.13. The maximum absolute atomic E-state index is 12.2. The van der Waals surface area contributed by atoms with Crippen molar-refractivity contribution >= 4 is 42.2 Å². The molecular weight excluding hydrogens is 373 g/mol. The number of nitrogens with one attached hydrogen (secondary N) is 1. The van der Waals surface area contributed by atoms with Crippen molar-refractivity contribution in [2.45, 2.75) is 6.54 Å². The lowest BCUT2D eigenvalue weighted by Crippen LogP contribution is -2.48. The number of pyridine rings is 1. The number of nitrogens with zero attached hydrogens (tertiary/aromatic N) is 3. The van der Waals surface area contributed by atoms with Crippen molar-refractivity contribution in [2.75, 3.05) is 42.9 Å². The second-order valence-corrected chi connectivity index (χ2v) is 5.90. The van der Waals surface area contributed by atoms with Gasteiger partial charge in [-0.25, -0.2) is 4.98 Å². The molecule has 3 rings (SSSR count). The summed E-state index contributed by atoms with van der Waals surface area (Å²) < 4.78 is 0. The molecule has 0 radical (unpaired) electrons. The van der Waals surface area contributed by atoms with Gasteiger partial charge in [0, 0.05) is 44.6 Å². The topological polar surface area (TPSA) is 74.5 Å². The first-order chi connectivity index (χ1) is 11.7. The number of piperazine rings is 1. The smallest absolute Gasteiger partial charge is 0.238 e. The summed E-state index contributed by atoms with van der Waals surface area (Å²) in [5.41, 5.74) is 7.44. The van der Waals surface area contributed by atoms with Crippen LogP contribution in [0.5, 0.6) is 0 Å². The fourth-order valence-electron chi connectivity index (χ4n) is 2.80. The molecule has 0 saturated carbocycles. The van der Waals surface area contributed by atoms with Gasteiger partial charge in [-0.1, -0.05) is 18.2 Å². The molecular formula is C18H25Cl2N5O. The fraction of sp³-hybridized carbons (Fsp3) is 0.333. The molecule has 0 atom stereocenters. The average Bonchev–Trinajstić information content (AvgIpc) is 2.64. The third-order valence-corrected chi connectivity index (χ3v) is 4.19. The molecule has 1 aliphatic heterocycles. The molecule has 1 saturated heterocycles. The van der Waals surface area contributed by atoms with Gasteiger partial charge in [0.15, 0.2) is 0 Å². The predicted molar refractivity (Wildman–Crippen MR) is 110 cm³/mol. The zero-order valence-electron chi connectivity index (χ0n) is 14.5. The highest BCUT2D eigenvalue weighted by atomic mass is 35.5. The summed E-state index contributed by atoms with van der Waals surface area (Å²) in [5.74, 6) is 1.02. The molecule has 142 valence electrons. The van der Waals surface area contributed by atoms with Crippen LogP contribution in [0.3, 0.4) is 0 Å². The van der Waals surface area contributed by atoms with Crippen LogP contribution in [0, 0.1) is 0 Å². The summed E-state index contributed by atoms with van der Waals surface area (Å²) in [4.78, 5) is 21.0. The first kappa shape index (κ1) is 22.2. The van der Waals surface area contributed by atoms with E-state index in [1.807, 2.05) is 48.7 Å². The minimum atomic E-state index is 0. The fourth-order valence-corrected chi connectivity index (χ4v) is 2.80. The monoisotopic (exact) mass is 397 g/mol. The van der Waals surface area contributed by atoms with E-state index in [-0.39, 0.29) is 30.7 Å². The summed E-state index contributed by atoms with van der Waals surface area (Å²) >= 11 is 0. The number of rotatable bonds is 5. The summed E-state index contributed by atoms with van der Waals surface area (Å²) in [7, 11) is 0. The Bertz CT molecular complexity index is 661. The van der Waals surface area contributed by atoms with Crippen molar-refractivity contribution in [3.63, 3.8) is 0 Å². The Hall–Kier alpha value is -1.86. The highest BCUT2D eigenvalue weighted by Gasteiger charge is 2.19. The average molecular weight is 398 g/mol. The Labute approximate surface area is 166 Å². The molecule has 1 aliphatic rings. The zero-order valence-corrected chi connectivity index (χ0v) is 16.1. The molecule has 3 N–H and O–H groups in total. The largest absolute Gasteiger partial charge is 0.354 e. The van der Waals surface area contributed by atoms with E-state index in [1.54, 1.807) is 0 Å². The van der Waals surface area contributed by atoms with Gasteiger partial charge < -0.3 is 16.0 Å². The summed E-state index contributed by atoms with van der Waals surface area (Å²) in [6.45, 7) is 4.40. The van der Waals surface area contributed by atoms with E-state index in [0.29, 0.717) is 13.1 Å². The number of nitrogens with two attached hydrogens (primary N) is 1. The molecule has 0 bridgehead atoms. The molecule has 2 heterocycles. The Morgan fingerprint density at radius 2 is 1.73 bits per heavy atom. The van der Waals surface area contributed by atoms with Gasteiger partial charge >= 0.3 is 0 Å². The molecule has 1 fully saturated rings. The van der Waals surface area contributed by atoms with E-state index in [1.165, 1.54) is 0 Å². The minimum Gasteiger partial charge on any atom is -0.354 e. The Balaban J connectivity index is 0.00000169. The SMILES string of the molecule is Cl.Cl.NCc1ccc(NC(=O)CN2CCN(c3ccccn3)CC2)cc1. The van der Waals surface area contributed by atoms with Crippen molar-refractivity contribution < 1.29 is 4.79 Å². The molecule has 26 heavy (non-hydrogen) atoms. The quantitative estimate of drug-likeness (QED) is 0.808. The molecule has 1 aromatic carbocycles. The molecule has 0 aliphatic carbocycles. The second-order valence-electron chi connectivity index (χ2n) is 5.90. The van der Waals surface area contributed by atoms with Gasteiger partial charge in [-0.2, -0.15) is 0 Å². The number of anilines is 2. The van der Waals surface area contributed by atoms with Gasteiger partial charge in [0.2, 0.25) is 5.91 Å². The summed E-state index contributed by atoms with van der Waals surface area (Å²) in [6, 6.07) is 13.6. The Morgan fingerprint density at radius 1 is 1.04 bits per heavy atom. The first-order valence-corrected chi connectivity index (χ1v) is 8.22. The van der Waals surface area contributed by atoms with E-state index < -0.39 is 0 Å². The lowest BCUT2D eigenvalue weighted by molar-refractivity contribution is -0.117. The number of carbonyl (C=O) groups is 1. The lowest BCUT2D eigenvalue weighted by Gasteiger charge is -2.34. The van der Waals surface area contributed by atoms with Crippen LogP contribution in [0.1, 0.15) is 5.56 Å². The maximum atomic E-state index is 12.2. The molecule has 8 heteroatoms. The van der Waals surface area contributed by atoms with Crippen molar-refractivity contribution in [1.82, 2.24) is 9.88 Å². The molecule has 2 aromatic rings.